The minimum absolute atomic E-state index is 0.301. The summed E-state index contributed by atoms with van der Waals surface area (Å²) in [5, 5.41) is 0. The third-order valence-corrected chi connectivity index (χ3v) is 3.30. The molecule has 4 heteroatoms. The zero-order chi connectivity index (χ0) is 14.7. The van der Waals surface area contributed by atoms with Gasteiger partial charge in [0.25, 0.3) is 0 Å². The van der Waals surface area contributed by atoms with Crippen LogP contribution in [0, 0.1) is 13.8 Å². The van der Waals surface area contributed by atoms with Gasteiger partial charge in [-0.15, -0.1) is 0 Å². The van der Waals surface area contributed by atoms with Crippen molar-refractivity contribution in [2.24, 2.45) is 5.73 Å². The van der Waals surface area contributed by atoms with Crippen molar-refractivity contribution in [2.75, 3.05) is 0 Å². The van der Waals surface area contributed by atoms with Crippen molar-refractivity contribution >= 4 is 17.2 Å². The van der Waals surface area contributed by atoms with Gasteiger partial charge in [0.15, 0.2) is 0 Å². The lowest BCUT2D eigenvalue weighted by atomic mass is 10.1. The normalized spacial score (nSPS) is 10.3. The van der Waals surface area contributed by atoms with Crippen LogP contribution in [0.3, 0.4) is 0 Å². The number of ether oxygens (including phenoxy) is 1. The van der Waals surface area contributed by atoms with Crippen LogP contribution in [0.5, 0.6) is 11.5 Å². The van der Waals surface area contributed by atoms with Crippen molar-refractivity contribution in [3.05, 3.63) is 52.8 Å². The molecular weight excluding hydrogens is 268 g/mol. The van der Waals surface area contributed by atoms with Crippen molar-refractivity contribution in [3.8, 4) is 11.5 Å². The highest BCUT2D eigenvalue weighted by Crippen LogP contribution is 2.28. The van der Waals surface area contributed by atoms with Crippen LogP contribution >= 0.6 is 12.2 Å². The Morgan fingerprint density at radius 3 is 2.45 bits per heavy atom. The lowest BCUT2D eigenvalue weighted by Gasteiger charge is -2.13. The number of thiocarbonyl (C=S) groups is 1. The van der Waals surface area contributed by atoms with Gasteiger partial charge in [0, 0.05) is 11.8 Å². The number of rotatable bonds is 4. The van der Waals surface area contributed by atoms with E-state index < -0.39 is 0 Å². The molecule has 0 aliphatic rings. The smallest absolute Gasteiger partial charge is 0.141 e. The maximum atomic E-state index is 5.92. The van der Waals surface area contributed by atoms with Gasteiger partial charge in [0.05, 0.1) is 11.3 Å². The van der Waals surface area contributed by atoms with E-state index in [1.807, 2.05) is 32.0 Å². The molecule has 3 nitrogen and oxygen atoms in total. The number of nitrogens with zero attached hydrogens (tertiary/aromatic N) is 1. The summed E-state index contributed by atoms with van der Waals surface area (Å²) >= 11 is 5.09. The zero-order valence-corrected chi connectivity index (χ0v) is 12.8. The molecule has 20 heavy (non-hydrogen) atoms. The van der Waals surface area contributed by atoms with Gasteiger partial charge in [-0.2, -0.15) is 0 Å². The van der Waals surface area contributed by atoms with Gasteiger partial charge in [-0.1, -0.05) is 31.3 Å². The van der Waals surface area contributed by atoms with Crippen molar-refractivity contribution in [1.29, 1.82) is 0 Å². The average Bonchev–Trinajstić information content (AvgIpc) is 2.38. The Labute approximate surface area is 124 Å². The topological polar surface area (TPSA) is 48.1 Å². The predicted molar refractivity (Wildman–Crippen MR) is 85.5 cm³/mol. The van der Waals surface area contributed by atoms with E-state index in [1.54, 1.807) is 0 Å². The van der Waals surface area contributed by atoms with E-state index >= 15 is 0 Å². The Hall–Kier alpha value is -1.94. The number of hydrogen-bond donors (Lipinski definition) is 1. The summed E-state index contributed by atoms with van der Waals surface area (Å²) in [7, 11) is 0. The van der Waals surface area contributed by atoms with E-state index in [4.69, 9.17) is 22.7 Å². The van der Waals surface area contributed by atoms with Crippen LogP contribution in [0.15, 0.2) is 30.3 Å². The molecule has 0 spiro atoms. The van der Waals surface area contributed by atoms with Crippen LogP contribution in [-0.2, 0) is 6.42 Å². The largest absolute Gasteiger partial charge is 0.456 e. The first-order chi connectivity index (χ1) is 9.51. The predicted octanol–water partition coefficient (Wildman–Crippen LogP) is 3.69. The quantitative estimate of drug-likeness (QED) is 0.871. The van der Waals surface area contributed by atoms with E-state index in [2.05, 4.69) is 24.0 Å². The first-order valence-corrected chi connectivity index (χ1v) is 6.97. The number of aryl methyl sites for hydroxylation is 3. The number of nitrogens with two attached hydrogens (primary N) is 1. The average molecular weight is 286 g/mol. The summed E-state index contributed by atoms with van der Waals surface area (Å²) in [5.74, 6) is 1.43. The monoisotopic (exact) mass is 286 g/mol. The van der Waals surface area contributed by atoms with Crippen LogP contribution in [0.1, 0.15) is 29.4 Å². The molecule has 0 saturated heterocycles. The van der Waals surface area contributed by atoms with Crippen LogP contribution < -0.4 is 10.5 Å². The molecule has 0 fully saturated rings. The maximum absolute atomic E-state index is 5.92. The molecule has 0 aliphatic heterocycles. The Morgan fingerprint density at radius 2 is 1.90 bits per heavy atom. The lowest BCUT2D eigenvalue weighted by molar-refractivity contribution is 0.479. The second-order valence-electron chi connectivity index (χ2n) is 4.69. The Balaban J connectivity index is 2.39. The first-order valence-electron chi connectivity index (χ1n) is 6.56. The molecule has 2 N–H and O–H groups in total. The molecule has 0 radical (unpaired) electrons. The third-order valence-electron chi connectivity index (χ3n) is 3.10. The van der Waals surface area contributed by atoms with Crippen LogP contribution in [0.25, 0.3) is 0 Å². The standard InChI is InChI=1S/C16H18N2OS/c1-4-12-5-7-13(8-6-12)19-14-9-10(2)18-11(3)15(14)16(17)20/h5-9H,4H2,1-3H3,(H2,17,20). The molecule has 0 aliphatic carbocycles. The minimum Gasteiger partial charge on any atom is -0.456 e. The van der Waals surface area contributed by atoms with Crippen molar-refractivity contribution < 1.29 is 4.74 Å². The zero-order valence-electron chi connectivity index (χ0n) is 11.9. The summed E-state index contributed by atoms with van der Waals surface area (Å²) < 4.78 is 5.92. The van der Waals surface area contributed by atoms with E-state index in [0.717, 1.165) is 23.6 Å². The van der Waals surface area contributed by atoms with Gasteiger partial charge < -0.3 is 10.5 Å². The van der Waals surface area contributed by atoms with Crippen molar-refractivity contribution in [3.63, 3.8) is 0 Å². The summed E-state index contributed by atoms with van der Waals surface area (Å²) in [6, 6.07) is 9.86. The summed E-state index contributed by atoms with van der Waals surface area (Å²) in [4.78, 5) is 4.68. The summed E-state index contributed by atoms with van der Waals surface area (Å²) in [5.41, 5.74) is 9.41. The molecule has 1 aromatic heterocycles. The molecule has 0 amide bonds. The lowest BCUT2D eigenvalue weighted by Crippen LogP contribution is -2.14. The van der Waals surface area contributed by atoms with E-state index in [-0.39, 0.29) is 0 Å². The molecule has 1 aromatic carbocycles. The van der Waals surface area contributed by atoms with Gasteiger partial charge in [0.1, 0.15) is 16.5 Å². The fourth-order valence-electron chi connectivity index (χ4n) is 2.09. The molecule has 2 rings (SSSR count). The highest BCUT2D eigenvalue weighted by atomic mass is 32.1. The fraction of sp³-hybridized carbons (Fsp3) is 0.250. The maximum Gasteiger partial charge on any atom is 0.141 e. The second kappa shape index (κ2) is 6.01. The molecule has 0 atom stereocenters. The molecule has 1 heterocycles. The number of hydrogen-bond acceptors (Lipinski definition) is 3. The highest BCUT2D eigenvalue weighted by molar-refractivity contribution is 7.80. The van der Waals surface area contributed by atoms with Crippen LogP contribution in [0.4, 0.5) is 0 Å². The molecular formula is C16H18N2OS. The van der Waals surface area contributed by atoms with Gasteiger partial charge in [0.2, 0.25) is 0 Å². The number of pyridine rings is 1. The van der Waals surface area contributed by atoms with Crippen molar-refractivity contribution in [1.82, 2.24) is 4.98 Å². The molecule has 0 unspecified atom stereocenters. The van der Waals surface area contributed by atoms with Gasteiger partial charge in [-0.25, -0.2) is 0 Å². The Morgan fingerprint density at radius 1 is 1.25 bits per heavy atom. The summed E-state index contributed by atoms with van der Waals surface area (Å²) in [6.45, 7) is 5.92. The Bertz CT molecular complexity index is 636. The Kier molecular flexibility index (Phi) is 4.35. The van der Waals surface area contributed by atoms with Crippen molar-refractivity contribution in [2.45, 2.75) is 27.2 Å². The van der Waals surface area contributed by atoms with E-state index in [9.17, 15) is 0 Å². The summed E-state index contributed by atoms with van der Waals surface area (Å²) in [6.07, 6.45) is 1.01. The highest BCUT2D eigenvalue weighted by Gasteiger charge is 2.13. The second-order valence-corrected chi connectivity index (χ2v) is 5.13. The SMILES string of the molecule is CCc1ccc(Oc2cc(C)nc(C)c2C(N)=S)cc1. The number of benzene rings is 1. The minimum atomic E-state index is 0.301. The van der Waals surface area contributed by atoms with E-state index in [1.165, 1.54) is 5.56 Å². The van der Waals surface area contributed by atoms with Gasteiger partial charge >= 0.3 is 0 Å². The molecule has 0 bridgehead atoms. The van der Waals surface area contributed by atoms with Gasteiger partial charge in [-0.05, 0) is 38.0 Å². The third kappa shape index (κ3) is 3.14. The van der Waals surface area contributed by atoms with E-state index in [0.29, 0.717) is 16.3 Å². The van der Waals surface area contributed by atoms with Crippen LogP contribution in [-0.4, -0.2) is 9.97 Å². The fourth-order valence-corrected chi connectivity index (χ4v) is 2.34. The van der Waals surface area contributed by atoms with Crippen LogP contribution in [0.2, 0.25) is 0 Å². The first kappa shape index (κ1) is 14.5. The molecule has 2 aromatic rings. The van der Waals surface area contributed by atoms with Gasteiger partial charge in [-0.3, -0.25) is 4.98 Å². The number of aromatic nitrogens is 1. The molecule has 104 valence electrons. The molecule has 0 saturated carbocycles.